The van der Waals surface area contributed by atoms with Crippen molar-refractivity contribution in [3.63, 3.8) is 0 Å². The average molecular weight is 196 g/mol. The van der Waals surface area contributed by atoms with Crippen molar-refractivity contribution < 1.29 is 9.32 Å². The number of aromatic nitrogens is 1. The maximum absolute atomic E-state index is 11.7. The zero-order valence-corrected chi connectivity index (χ0v) is 9.05. The van der Waals surface area contributed by atoms with Crippen LogP contribution >= 0.6 is 0 Å². The van der Waals surface area contributed by atoms with Crippen molar-refractivity contribution in [2.75, 3.05) is 0 Å². The van der Waals surface area contributed by atoms with Crippen LogP contribution in [0.15, 0.2) is 4.52 Å². The summed E-state index contributed by atoms with van der Waals surface area (Å²) in [6.07, 6.45) is 0.912. The highest BCUT2D eigenvalue weighted by molar-refractivity contribution is 5.96. The van der Waals surface area contributed by atoms with Gasteiger partial charge in [0.1, 0.15) is 11.3 Å². The van der Waals surface area contributed by atoms with Crippen LogP contribution in [-0.4, -0.2) is 17.1 Å². The number of nitrogens with one attached hydrogen (secondary N) is 1. The highest BCUT2D eigenvalue weighted by Gasteiger charge is 2.18. The highest BCUT2D eigenvalue weighted by atomic mass is 16.5. The molecule has 0 unspecified atom stereocenters. The molecule has 0 radical (unpaired) electrons. The molecule has 1 amide bonds. The minimum atomic E-state index is -0.101. The molecule has 78 valence electrons. The van der Waals surface area contributed by atoms with E-state index in [0.717, 1.165) is 6.42 Å². The summed E-state index contributed by atoms with van der Waals surface area (Å²) in [6.45, 7) is 7.50. The lowest BCUT2D eigenvalue weighted by molar-refractivity contribution is 0.0937. The third-order valence-electron chi connectivity index (χ3n) is 2.25. The summed E-state index contributed by atoms with van der Waals surface area (Å²) < 4.78 is 4.92. The van der Waals surface area contributed by atoms with E-state index in [2.05, 4.69) is 10.5 Å². The first kappa shape index (κ1) is 10.8. The zero-order valence-electron chi connectivity index (χ0n) is 9.05. The molecule has 1 aromatic rings. The van der Waals surface area contributed by atoms with Crippen molar-refractivity contribution in [1.29, 1.82) is 0 Å². The normalized spacial score (nSPS) is 12.6. The van der Waals surface area contributed by atoms with Crippen molar-refractivity contribution in [3.05, 3.63) is 17.0 Å². The largest absolute Gasteiger partial charge is 0.361 e. The van der Waals surface area contributed by atoms with Gasteiger partial charge in [-0.1, -0.05) is 12.1 Å². The van der Waals surface area contributed by atoms with Gasteiger partial charge < -0.3 is 9.84 Å². The van der Waals surface area contributed by atoms with Gasteiger partial charge in [-0.15, -0.1) is 0 Å². The van der Waals surface area contributed by atoms with Crippen molar-refractivity contribution in [3.8, 4) is 0 Å². The van der Waals surface area contributed by atoms with Crippen LogP contribution in [0.3, 0.4) is 0 Å². The predicted molar refractivity (Wildman–Crippen MR) is 53.2 cm³/mol. The van der Waals surface area contributed by atoms with Crippen LogP contribution in [0.5, 0.6) is 0 Å². The van der Waals surface area contributed by atoms with Gasteiger partial charge in [0.15, 0.2) is 0 Å². The molecule has 4 heteroatoms. The molecule has 1 rings (SSSR count). The van der Waals surface area contributed by atoms with Crippen LogP contribution in [-0.2, 0) is 0 Å². The van der Waals surface area contributed by atoms with E-state index in [4.69, 9.17) is 4.52 Å². The van der Waals surface area contributed by atoms with Crippen LogP contribution in [0.4, 0.5) is 0 Å². The number of nitrogens with zero attached hydrogens (tertiary/aromatic N) is 1. The first-order valence-corrected chi connectivity index (χ1v) is 4.80. The molecule has 0 bridgehead atoms. The fourth-order valence-corrected chi connectivity index (χ4v) is 1.21. The summed E-state index contributed by atoms with van der Waals surface area (Å²) in [4.78, 5) is 11.7. The van der Waals surface area contributed by atoms with Crippen LogP contribution in [0.1, 0.15) is 42.1 Å². The van der Waals surface area contributed by atoms with Gasteiger partial charge in [-0.2, -0.15) is 0 Å². The number of amides is 1. The number of carbonyl (C=O) groups excluding carboxylic acids is 1. The first-order chi connectivity index (χ1) is 6.56. The summed E-state index contributed by atoms with van der Waals surface area (Å²) in [5.74, 6) is 0.471. The summed E-state index contributed by atoms with van der Waals surface area (Å²) >= 11 is 0. The Morgan fingerprint density at radius 3 is 2.64 bits per heavy atom. The molecule has 0 aliphatic carbocycles. The van der Waals surface area contributed by atoms with Gasteiger partial charge in [0.05, 0.1) is 5.69 Å². The minimum absolute atomic E-state index is 0.101. The van der Waals surface area contributed by atoms with Crippen LogP contribution in [0.25, 0.3) is 0 Å². The molecule has 0 aliphatic rings. The SMILES string of the molecule is CC[C@H](C)NC(=O)c1c(C)noc1C. The third kappa shape index (κ3) is 2.13. The molecule has 1 atom stereocenters. The minimum Gasteiger partial charge on any atom is -0.361 e. The molecule has 1 N–H and O–H groups in total. The topological polar surface area (TPSA) is 55.1 Å². The van der Waals surface area contributed by atoms with Crippen LogP contribution in [0.2, 0.25) is 0 Å². The third-order valence-corrected chi connectivity index (χ3v) is 2.25. The lowest BCUT2D eigenvalue weighted by atomic mass is 10.1. The van der Waals surface area contributed by atoms with Crippen molar-refractivity contribution in [1.82, 2.24) is 10.5 Å². The Kier molecular flexibility index (Phi) is 3.28. The molecular formula is C10H16N2O2. The highest BCUT2D eigenvalue weighted by Crippen LogP contribution is 2.12. The van der Waals surface area contributed by atoms with Crippen molar-refractivity contribution in [2.45, 2.75) is 40.2 Å². The lowest BCUT2D eigenvalue weighted by Gasteiger charge is -2.10. The van der Waals surface area contributed by atoms with Crippen molar-refractivity contribution >= 4 is 5.91 Å². The Bertz CT molecular complexity index is 311. The summed E-state index contributed by atoms with van der Waals surface area (Å²) in [5, 5.41) is 6.61. The standard InChI is InChI=1S/C10H16N2O2/c1-5-6(2)11-10(13)9-7(3)12-14-8(9)4/h6H,5H2,1-4H3,(H,11,13)/t6-/m0/s1. The van der Waals surface area contributed by atoms with E-state index in [1.165, 1.54) is 0 Å². The summed E-state index contributed by atoms with van der Waals surface area (Å²) in [5.41, 5.74) is 1.20. The van der Waals surface area contributed by atoms with Gasteiger partial charge in [0.2, 0.25) is 0 Å². The van der Waals surface area contributed by atoms with Crippen molar-refractivity contribution in [2.24, 2.45) is 0 Å². The van der Waals surface area contributed by atoms with E-state index in [-0.39, 0.29) is 11.9 Å². The Balaban J connectivity index is 2.79. The number of carbonyl (C=O) groups is 1. The van der Waals surface area contributed by atoms with E-state index in [9.17, 15) is 4.79 Å². The van der Waals surface area contributed by atoms with Gasteiger partial charge in [-0.25, -0.2) is 0 Å². The number of hydrogen-bond acceptors (Lipinski definition) is 3. The molecule has 1 aromatic heterocycles. The molecule has 0 saturated heterocycles. The van der Waals surface area contributed by atoms with Gasteiger partial charge >= 0.3 is 0 Å². The fraction of sp³-hybridized carbons (Fsp3) is 0.600. The maximum Gasteiger partial charge on any atom is 0.256 e. The number of hydrogen-bond donors (Lipinski definition) is 1. The second kappa shape index (κ2) is 4.26. The molecule has 4 nitrogen and oxygen atoms in total. The Hall–Kier alpha value is -1.32. The summed E-state index contributed by atoms with van der Waals surface area (Å²) in [6, 6.07) is 0.177. The molecule has 0 aromatic carbocycles. The molecule has 1 heterocycles. The molecule has 0 aliphatic heterocycles. The molecule has 14 heavy (non-hydrogen) atoms. The lowest BCUT2D eigenvalue weighted by Crippen LogP contribution is -2.32. The van der Waals surface area contributed by atoms with Crippen LogP contribution < -0.4 is 5.32 Å². The quantitative estimate of drug-likeness (QED) is 0.802. The number of aryl methyl sites for hydroxylation is 2. The number of rotatable bonds is 3. The average Bonchev–Trinajstić information content (AvgIpc) is 2.46. The molecular weight excluding hydrogens is 180 g/mol. The summed E-state index contributed by atoms with van der Waals surface area (Å²) in [7, 11) is 0. The van der Waals surface area contributed by atoms with E-state index >= 15 is 0 Å². The zero-order chi connectivity index (χ0) is 10.7. The van der Waals surface area contributed by atoms with Gasteiger partial charge in [-0.3, -0.25) is 4.79 Å². The fourth-order valence-electron chi connectivity index (χ4n) is 1.21. The van der Waals surface area contributed by atoms with E-state index in [0.29, 0.717) is 17.0 Å². The molecule has 0 saturated carbocycles. The van der Waals surface area contributed by atoms with Gasteiger partial charge in [0.25, 0.3) is 5.91 Å². The monoisotopic (exact) mass is 196 g/mol. The molecule has 0 spiro atoms. The Labute approximate surface area is 83.7 Å². The van der Waals surface area contributed by atoms with Gasteiger partial charge in [-0.05, 0) is 27.2 Å². The smallest absolute Gasteiger partial charge is 0.256 e. The second-order valence-electron chi connectivity index (χ2n) is 3.48. The van der Waals surface area contributed by atoms with Crippen LogP contribution in [0, 0.1) is 13.8 Å². The predicted octanol–water partition coefficient (Wildman–Crippen LogP) is 1.82. The maximum atomic E-state index is 11.7. The van der Waals surface area contributed by atoms with E-state index in [1.807, 2.05) is 13.8 Å². The van der Waals surface area contributed by atoms with E-state index < -0.39 is 0 Å². The van der Waals surface area contributed by atoms with Gasteiger partial charge in [0, 0.05) is 6.04 Å². The molecule has 0 fully saturated rings. The van der Waals surface area contributed by atoms with E-state index in [1.54, 1.807) is 13.8 Å². The Morgan fingerprint density at radius 2 is 2.21 bits per heavy atom. The second-order valence-corrected chi connectivity index (χ2v) is 3.48. The Morgan fingerprint density at radius 1 is 1.57 bits per heavy atom. The first-order valence-electron chi connectivity index (χ1n) is 4.80.